The van der Waals surface area contributed by atoms with Crippen LogP contribution < -0.4 is 0 Å². The van der Waals surface area contributed by atoms with Crippen LogP contribution in [0.3, 0.4) is 0 Å². The second-order valence-electron chi connectivity index (χ2n) is 10.4. The third kappa shape index (κ3) is 5.72. The van der Waals surface area contributed by atoms with Crippen molar-refractivity contribution in [3.63, 3.8) is 0 Å². The van der Waals surface area contributed by atoms with Crippen molar-refractivity contribution in [1.82, 2.24) is 0 Å². The van der Waals surface area contributed by atoms with Crippen LogP contribution in [-0.4, -0.2) is 0 Å². The van der Waals surface area contributed by atoms with E-state index in [1.807, 2.05) is 11.3 Å². The van der Waals surface area contributed by atoms with Gasteiger partial charge in [-0.2, -0.15) is 0 Å². The van der Waals surface area contributed by atoms with E-state index in [2.05, 4.69) is 73.7 Å². The molecule has 35 heavy (non-hydrogen) atoms. The van der Waals surface area contributed by atoms with Crippen LogP contribution in [0.25, 0.3) is 41.7 Å². The predicted octanol–water partition coefficient (Wildman–Crippen LogP) is 11.6. The Morgan fingerprint density at radius 2 is 1.11 bits per heavy atom. The zero-order valence-electron chi connectivity index (χ0n) is 21.5. The Morgan fingerprint density at radius 3 is 1.89 bits per heavy atom. The Hall–Kier alpha value is -2.38. The van der Waals surface area contributed by atoms with Crippen LogP contribution in [0.5, 0.6) is 0 Å². The lowest BCUT2D eigenvalue weighted by Crippen LogP contribution is -1.88. The molecule has 0 saturated heterocycles. The first-order chi connectivity index (χ1) is 17.3. The minimum Gasteiger partial charge on any atom is -0.135 e. The van der Waals surface area contributed by atoms with E-state index in [0.29, 0.717) is 0 Å². The van der Waals surface area contributed by atoms with Crippen molar-refractivity contribution in [3.05, 3.63) is 72.3 Å². The molecule has 0 bridgehead atoms. The molecular formula is C34H40S. The molecule has 0 unspecified atom stereocenters. The first kappa shape index (κ1) is 24.3. The van der Waals surface area contributed by atoms with E-state index in [4.69, 9.17) is 0 Å². The summed E-state index contributed by atoms with van der Waals surface area (Å²) in [5.74, 6) is 0. The zero-order valence-corrected chi connectivity index (χ0v) is 22.3. The smallest absolute Gasteiger partial charge is 0.0434 e. The van der Waals surface area contributed by atoms with Gasteiger partial charge in [0.05, 0.1) is 0 Å². The lowest BCUT2D eigenvalue weighted by atomic mass is 9.97. The van der Waals surface area contributed by atoms with E-state index in [1.54, 1.807) is 0 Å². The topological polar surface area (TPSA) is 0 Å². The molecule has 1 heterocycles. The molecule has 0 aliphatic heterocycles. The molecule has 0 N–H and O–H groups in total. The number of unbranched alkanes of at least 4 members (excludes halogenated alkanes) is 11. The molecule has 0 radical (unpaired) electrons. The SMILES string of the molecule is CCCCCCCCCCCCCCc1ccc2c(ccc3c2ccc2c4ccccc4sc23)c1. The van der Waals surface area contributed by atoms with Gasteiger partial charge in [-0.1, -0.05) is 138 Å². The van der Waals surface area contributed by atoms with Crippen LogP contribution in [-0.2, 0) is 6.42 Å². The maximum absolute atomic E-state index is 2.43. The summed E-state index contributed by atoms with van der Waals surface area (Å²) < 4.78 is 2.80. The highest BCUT2D eigenvalue weighted by Gasteiger charge is 2.10. The second kappa shape index (κ2) is 12.0. The first-order valence-electron chi connectivity index (χ1n) is 14.1. The van der Waals surface area contributed by atoms with Crippen molar-refractivity contribution in [2.45, 2.75) is 90.4 Å². The fraction of sp³-hybridized carbons (Fsp3) is 0.412. The number of rotatable bonds is 13. The molecule has 4 aromatic carbocycles. The van der Waals surface area contributed by atoms with E-state index in [1.165, 1.54) is 131 Å². The molecule has 0 atom stereocenters. The van der Waals surface area contributed by atoms with E-state index >= 15 is 0 Å². The quantitative estimate of drug-likeness (QED) is 0.116. The maximum atomic E-state index is 2.43. The van der Waals surface area contributed by atoms with Gasteiger partial charge in [0.25, 0.3) is 0 Å². The van der Waals surface area contributed by atoms with Gasteiger partial charge in [-0.25, -0.2) is 0 Å². The highest BCUT2D eigenvalue weighted by Crippen LogP contribution is 2.40. The van der Waals surface area contributed by atoms with Crippen molar-refractivity contribution >= 4 is 53.1 Å². The van der Waals surface area contributed by atoms with Gasteiger partial charge < -0.3 is 0 Å². The Balaban J connectivity index is 1.15. The summed E-state index contributed by atoms with van der Waals surface area (Å²) in [4.78, 5) is 0. The number of thiophene rings is 1. The predicted molar refractivity (Wildman–Crippen MR) is 159 cm³/mol. The summed E-state index contributed by atoms with van der Waals surface area (Å²) in [5.41, 5.74) is 1.49. The Labute approximate surface area is 215 Å². The monoisotopic (exact) mass is 480 g/mol. The third-order valence-corrected chi connectivity index (χ3v) is 8.96. The molecule has 0 aliphatic rings. The van der Waals surface area contributed by atoms with E-state index in [-0.39, 0.29) is 0 Å². The molecule has 5 rings (SSSR count). The maximum Gasteiger partial charge on any atom is 0.0434 e. The zero-order chi connectivity index (χ0) is 23.9. The van der Waals surface area contributed by atoms with Crippen molar-refractivity contribution in [2.24, 2.45) is 0 Å². The van der Waals surface area contributed by atoms with Gasteiger partial charge in [0, 0.05) is 25.6 Å². The van der Waals surface area contributed by atoms with Crippen molar-refractivity contribution < 1.29 is 0 Å². The fourth-order valence-electron chi connectivity index (χ4n) is 5.70. The molecular weight excluding hydrogens is 440 g/mol. The summed E-state index contributed by atoms with van der Waals surface area (Å²) in [6.07, 6.45) is 18.2. The minimum atomic E-state index is 1.21. The van der Waals surface area contributed by atoms with Crippen molar-refractivity contribution in [1.29, 1.82) is 0 Å². The van der Waals surface area contributed by atoms with Crippen molar-refractivity contribution in [2.75, 3.05) is 0 Å². The van der Waals surface area contributed by atoms with E-state index in [0.717, 1.165) is 0 Å². The van der Waals surface area contributed by atoms with Gasteiger partial charge in [-0.15, -0.1) is 11.3 Å². The van der Waals surface area contributed by atoms with E-state index < -0.39 is 0 Å². The number of aryl methyl sites for hydroxylation is 1. The second-order valence-corrected chi connectivity index (χ2v) is 11.4. The van der Waals surface area contributed by atoms with Gasteiger partial charge >= 0.3 is 0 Å². The molecule has 5 aromatic rings. The molecule has 0 aliphatic carbocycles. The largest absolute Gasteiger partial charge is 0.135 e. The average molecular weight is 481 g/mol. The van der Waals surface area contributed by atoms with Gasteiger partial charge in [0.15, 0.2) is 0 Å². The van der Waals surface area contributed by atoms with Gasteiger partial charge in [0.2, 0.25) is 0 Å². The fourth-order valence-corrected chi connectivity index (χ4v) is 6.93. The first-order valence-corrected chi connectivity index (χ1v) is 14.9. The van der Waals surface area contributed by atoms with Gasteiger partial charge in [-0.05, 0) is 40.6 Å². The molecule has 0 amide bonds. The van der Waals surface area contributed by atoms with Crippen LogP contribution >= 0.6 is 11.3 Å². The van der Waals surface area contributed by atoms with Gasteiger partial charge in [0.1, 0.15) is 0 Å². The molecule has 1 heteroatoms. The molecule has 0 spiro atoms. The summed E-state index contributed by atoms with van der Waals surface area (Å²) >= 11 is 1.93. The van der Waals surface area contributed by atoms with Crippen LogP contribution in [0.15, 0.2) is 66.7 Å². The number of benzene rings is 4. The molecule has 182 valence electrons. The Morgan fingerprint density at radius 1 is 0.514 bits per heavy atom. The van der Waals surface area contributed by atoms with Crippen LogP contribution in [0.4, 0.5) is 0 Å². The Kier molecular flexibility index (Phi) is 8.37. The van der Waals surface area contributed by atoms with E-state index in [9.17, 15) is 0 Å². The standard InChI is InChI=1S/C34H40S/c1-2-3-4-5-6-7-8-9-10-11-12-13-16-26-19-21-28-27(25-26)20-22-31-29(28)23-24-32-30-17-14-15-18-33(30)35-34(31)32/h14-15,17-25H,2-13,16H2,1H3. The molecule has 1 aromatic heterocycles. The normalized spacial score (nSPS) is 11.9. The third-order valence-electron chi connectivity index (χ3n) is 7.74. The number of fused-ring (bicyclic) bond motifs is 7. The summed E-state index contributed by atoms with van der Waals surface area (Å²) in [5, 5.41) is 8.33. The van der Waals surface area contributed by atoms with Crippen molar-refractivity contribution in [3.8, 4) is 0 Å². The number of hydrogen-bond acceptors (Lipinski definition) is 1. The highest BCUT2D eigenvalue weighted by atomic mass is 32.1. The summed E-state index contributed by atoms with van der Waals surface area (Å²) in [7, 11) is 0. The Bertz CT molecular complexity index is 1390. The van der Waals surface area contributed by atoms with Crippen LogP contribution in [0.1, 0.15) is 89.5 Å². The van der Waals surface area contributed by atoms with Gasteiger partial charge in [-0.3, -0.25) is 0 Å². The average Bonchev–Trinajstić information content (AvgIpc) is 3.28. The molecule has 0 fully saturated rings. The molecule has 0 saturated carbocycles. The summed E-state index contributed by atoms with van der Waals surface area (Å²) in [6, 6.07) is 25.3. The minimum absolute atomic E-state index is 1.21. The lowest BCUT2D eigenvalue weighted by molar-refractivity contribution is 0.544. The van der Waals surface area contributed by atoms with Crippen LogP contribution in [0, 0.1) is 0 Å². The molecule has 0 nitrogen and oxygen atoms in total. The highest BCUT2D eigenvalue weighted by molar-refractivity contribution is 7.26. The number of hydrogen-bond donors (Lipinski definition) is 0. The lowest BCUT2D eigenvalue weighted by Gasteiger charge is -2.08. The van der Waals surface area contributed by atoms with Crippen LogP contribution in [0.2, 0.25) is 0 Å². The summed E-state index contributed by atoms with van der Waals surface area (Å²) in [6.45, 7) is 2.30.